The SMILES string of the molecule is [K+].[c-]1cccc2c1CNC2. The molecule has 0 bridgehead atoms. The first-order valence-corrected chi connectivity index (χ1v) is 3.16. The average molecular weight is 157 g/mol. The van der Waals surface area contributed by atoms with E-state index in [1.165, 1.54) is 11.1 Å². The zero-order chi connectivity index (χ0) is 6.10. The van der Waals surface area contributed by atoms with Crippen LogP contribution in [-0.4, -0.2) is 0 Å². The van der Waals surface area contributed by atoms with Crippen LogP contribution in [-0.2, 0) is 13.1 Å². The first kappa shape index (κ1) is 8.91. The summed E-state index contributed by atoms with van der Waals surface area (Å²) < 4.78 is 0. The van der Waals surface area contributed by atoms with Crippen molar-refractivity contribution in [3.63, 3.8) is 0 Å². The second kappa shape index (κ2) is 4.00. The molecule has 0 saturated heterocycles. The third-order valence-electron chi connectivity index (χ3n) is 1.66. The Morgan fingerprint density at radius 1 is 1.40 bits per heavy atom. The second-order valence-electron chi connectivity index (χ2n) is 2.28. The summed E-state index contributed by atoms with van der Waals surface area (Å²) in [5.41, 5.74) is 2.73. The van der Waals surface area contributed by atoms with E-state index >= 15 is 0 Å². The number of nitrogens with one attached hydrogen (secondary N) is 1. The molecule has 1 aromatic carbocycles. The van der Waals surface area contributed by atoms with Crippen molar-refractivity contribution in [3.05, 3.63) is 35.4 Å². The van der Waals surface area contributed by atoms with Crippen molar-refractivity contribution in [2.75, 3.05) is 0 Å². The number of hydrogen-bond donors (Lipinski definition) is 1. The molecule has 1 N–H and O–H groups in total. The normalized spacial score (nSPS) is 14.0. The summed E-state index contributed by atoms with van der Waals surface area (Å²) in [6.07, 6.45) is 0. The molecule has 1 heterocycles. The molecule has 0 unspecified atom stereocenters. The van der Waals surface area contributed by atoms with Gasteiger partial charge in [0.05, 0.1) is 0 Å². The van der Waals surface area contributed by atoms with Gasteiger partial charge in [0.1, 0.15) is 0 Å². The monoisotopic (exact) mass is 157 g/mol. The van der Waals surface area contributed by atoms with Crippen LogP contribution in [0, 0.1) is 6.07 Å². The van der Waals surface area contributed by atoms with Crippen LogP contribution in [0.1, 0.15) is 11.1 Å². The van der Waals surface area contributed by atoms with Gasteiger partial charge in [0.15, 0.2) is 0 Å². The van der Waals surface area contributed by atoms with Crippen LogP contribution in [0.25, 0.3) is 0 Å². The second-order valence-corrected chi connectivity index (χ2v) is 2.28. The summed E-state index contributed by atoms with van der Waals surface area (Å²) in [7, 11) is 0. The summed E-state index contributed by atoms with van der Waals surface area (Å²) in [6, 6.07) is 9.33. The largest absolute Gasteiger partial charge is 1.00 e. The Bertz CT molecular complexity index is 199. The van der Waals surface area contributed by atoms with E-state index in [1.54, 1.807) is 0 Å². The van der Waals surface area contributed by atoms with Crippen LogP contribution in [0.4, 0.5) is 0 Å². The Labute approximate surface area is 104 Å². The molecule has 0 spiro atoms. The Morgan fingerprint density at radius 3 is 3.10 bits per heavy atom. The quantitative estimate of drug-likeness (QED) is 0.342. The molecular formula is C8H8KN. The van der Waals surface area contributed by atoms with Gasteiger partial charge in [-0.05, 0) is 13.1 Å². The van der Waals surface area contributed by atoms with Crippen LogP contribution in [0.15, 0.2) is 18.2 Å². The van der Waals surface area contributed by atoms with Gasteiger partial charge >= 0.3 is 51.4 Å². The molecule has 0 atom stereocenters. The molecule has 0 saturated carbocycles. The minimum absolute atomic E-state index is 0. The predicted octanol–water partition coefficient (Wildman–Crippen LogP) is -1.91. The Balaban J connectivity index is 0.000000500. The van der Waals surface area contributed by atoms with Crippen LogP contribution >= 0.6 is 0 Å². The molecule has 0 radical (unpaired) electrons. The van der Waals surface area contributed by atoms with Gasteiger partial charge < -0.3 is 5.32 Å². The third-order valence-corrected chi connectivity index (χ3v) is 1.66. The van der Waals surface area contributed by atoms with Gasteiger partial charge in [0.25, 0.3) is 0 Å². The molecule has 1 aliphatic heterocycles. The van der Waals surface area contributed by atoms with Crippen molar-refractivity contribution in [3.8, 4) is 0 Å². The van der Waals surface area contributed by atoms with Gasteiger partial charge in [-0.2, -0.15) is 24.3 Å². The molecule has 0 aromatic heterocycles. The van der Waals surface area contributed by atoms with Crippen molar-refractivity contribution in [2.24, 2.45) is 0 Å². The smallest absolute Gasteiger partial charge is 0.322 e. The van der Waals surface area contributed by atoms with E-state index in [4.69, 9.17) is 0 Å². The van der Waals surface area contributed by atoms with Gasteiger partial charge in [0.2, 0.25) is 0 Å². The molecule has 2 rings (SSSR count). The maximum atomic E-state index is 3.26. The molecule has 1 aromatic rings. The fourth-order valence-corrected chi connectivity index (χ4v) is 1.16. The van der Waals surface area contributed by atoms with Gasteiger partial charge in [-0.15, -0.1) is 11.1 Å². The minimum atomic E-state index is 0. The number of rotatable bonds is 0. The van der Waals surface area contributed by atoms with Gasteiger partial charge in [-0.25, -0.2) is 0 Å². The zero-order valence-corrected chi connectivity index (χ0v) is 9.27. The summed E-state index contributed by atoms with van der Waals surface area (Å²) in [6.45, 7) is 2.02. The molecule has 0 aliphatic carbocycles. The summed E-state index contributed by atoms with van der Waals surface area (Å²) >= 11 is 0. The summed E-state index contributed by atoms with van der Waals surface area (Å²) in [5, 5.41) is 3.26. The fourth-order valence-electron chi connectivity index (χ4n) is 1.16. The van der Waals surface area contributed by atoms with Crippen molar-refractivity contribution in [1.82, 2.24) is 5.32 Å². The van der Waals surface area contributed by atoms with E-state index in [-0.39, 0.29) is 51.4 Å². The number of benzene rings is 1. The Morgan fingerprint density at radius 2 is 2.30 bits per heavy atom. The van der Waals surface area contributed by atoms with E-state index in [9.17, 15) is 0 Å². The van der Waals surface area contributed by atoms with Crippen LogP contribution in [0.2, 0.25) is 0 Å². The van der Waals surface area contributed by atoms with Gasteiger partial charge in [-0.1, -0.05) is 0 Å². The Kier molecular flexibility index (Phi) is 3.56. The Hall–Kier alpha value is 0.816. The fraction of sp³-hybridized carbons (Fsp3) is 0.250. The van der Waals surface area contributed by atoms with Crippen molar-refractivity contribution < 1.29 is 51.4 Å². The van der Waals surface area contributed by atoms with Crippen molar-refractivity contribution in [2.45, 2.75) is 13.1 Å². The minimum Gasteiger partial charge on any atom is -0.322 e. The molecule has 0 amide bonds. The van der Waals surface area contributed by atoms with Gasteiger partial charge in [0, 0.05) is 0 Å². The topological polar surface area (TPSA) is 12.0 Å². The molecule has 1 nitrogen and oxygen atoms in total. The van der Waals surface area contributed by atoms with Crippen LogP contribution in [0.3, 0.4) is 0 Å². The van der Waals surface area contributed by atoms with Crippen molar-refractivity contribution in [1.29, 1.82) is 0 Å². The maximum Gasteiger partial charge on any atom is 1.00 e. The predicted molar refractivity (Wildman–Crippen MR) is 35.8 cm³/mol. The van der Waals surface area contributed by atoms with Crippen LogP contribution < -0.4 is 56.7 Å². The maximum absolute atomic E-state index is 3.26. The van der Waals surface area contributed by atoms with E-state index in [0.29, 0.717) is 0 Å². The first-order valence-electron chi connectivity index (χ1n) is 3.16. The number of hydrogen-bond acceptors (Lipinski definition) is 1. The first-order chi connectivity index (χ1) is 4.47. The zero-order valence-electron chi connectivity index (χ0n) is 6.15. The van der Waals surface area contributed by atoms with Crippen molar-refractivity contribution >= 4 is 0 Å². The molecular weight excluding hydrogens is 149 g/mol. The van der Waals surface area contributed by atoms with Gasteiger partial charge in [-0.3, -0.25) is 0 Å². The van der Waals surface area contributed by atoms with E-state index < -0.39 is 0 Å². The molecule has 1 aliphatic rings. The third kappa shape index (κ3) is 1.70. The van der Waals surface area contributed by atoms with E-state index in [2.05, 4.69) is 17.4 Å². The molecule has 46 valence electrons. The standard InChI is InChI=1S/C8H8N.K/c1-2-4-8-6-9-5-7(8)3-1;/h1-3,9H,5-6H2;/q-1;+1. The average Bonchev–Trinajstić information content (AvgIpc) is 2.33. The number of fused-ring (bicyclic) bond motifs is 1. The molecule has 2 heteroatoms. The summed E-state index contributed by atoms with van der Waals surface area (Å²) in [5.74, 6) is 0. The van der Waals surface area contributed by atoms with E-state index in [1.807, 2.05) is 12.1 Å². The summed E-state index contributed by atoms with van der Waals surface area (Å²) in [4.78, 5) is 0. The molecule has 10 heavy (non-hydrogen) atoms. The van der Waals surface area contributed by atoms with E-state index in [0.717, 1.165) is 13.1 Å². The van der Waals surface area contributed by atoms with Crippen LogP contribution in [0.5, 0.6) is 0 Å². The molecule has 0 fully saturated rings.